The van der Waals surface area contributed by atoms with E-state index in [1.54, 1.807) is 20.3 Å². The van der Waals surface area contributed by atoms with E-state index in [-0.39, 0.29) is 11.7 Å². The fourth-order valence-electron chi connectivity index (χ4n) is 5.31. The summed E-state index contributed by atoms with van der Waals surface area (Å²) in [5, 5.41) is 1.08. The van der Waals surface area contributed by atoms with Crippen LogP contribution in [0.4, 0.5) is 0 Å². The molecule has 0 saturated carbocycles. The number of benzene rings is 1. The number of piperazine rings is 1. The third kappa shape index (κ3) is 3.84. The topological polar surface area (TPSA) is 45.2 Å². The lowest BCUT2D eigenvalue weighted by Crippen LogP contribution is -2.50. The number of hydrogen-bond acceptors (Lipinski definition) is 5. The first-order valence-corrected chi connectivity index (χ1v) is 12.6. The Morgan fingerprint density at radius 3 is 2.72 bits per heavy atom. The Labute approximate surface area is 192 Å². The van der Waals surface area contributed by atoms with Crippen molar-refractivity contribution in [1.29, 1.82) is 0 Å². The Kier molecular flexibility index (Phi) is 6.00. The van der Waals surface area contributed by atoms with Crippen LogP contribution in [0.5, 0.6) is 11.5 Å². The van der Waals surface area contributed by atoms with Crippen molar-refractivity contribution in [2.75, 3.05) is 40.4 Å². The highest BCUT2D eigenvalue weighted by atomic mass is 31.1. The molecule has 1 aromatic carbocycles. The van der Waals surface area contributed by atoms with E-state index in [1.165, 1.54) is 30.7 Å². The number of fused-ring (bicyclic) bond motifs is 2. The van der Waals surface area contributed by atoms with Crippen LogP contribution in [-0.4, -0.2) is 72.8 Å². The minimum Gasteiger partial charge on any atom is -0.493 e. The Bertz CT molecular complexity index is 1000. The highest BCUT2D eigenvalue weighted by Gasteiger charge is 2.36. The number of rotatable bonds is 5. The fraction of sp³-hybridized carbons (Fsp3) is 0.480. The van der Waals surface area contributed by atoms with Crippen LogP contribution < -0.4 is 9.47 Å². The zero-order valence-corrected chi connectivity index (χ0v) is 20.1. The monoisotopic (exact) mass is 453 g/mol. The first-order valence-electron chi connectivity index (χ1n) is 11.6. The van der Waals surface area contributed by atoms with Crippen molar-refractivity contribution < 1.29 is 14.3 Å². The maximum absolute atomic E-state index is 13.3. The summed E-state index contributed by atoms with van der Waals surface area (Å²) in [5.74, 6) is 1.56. The van der Waals surface area contributed by atoms with Crippen molar-refractivity contribution in [3.8, 4) is 11.5 Å². The number of allylic oxidation sites excluding steroid dienone is 1. The van der Waals surface area contributed by atoms with Crippen molar-refractivity contribution in [2.24, 2.45) is 0 Å². The van der Waals surface area contributed by atoms with Gasteiger partial charge in [0.1, 0.15) is 0 Å². The van der Waals surface area contributed by atoms with Gasteiger partial charge in [0, 0.05) is 38.0 Å². The average Bonchev–Trinajstić information content (AvgIpc) is 3.31. The van der Waals surface area contributed by atoms with Gasteiger partial charge in [0.05, 0.1) is 25.7 Å². The molecule has 32 heavy (non-hydrogen) atoms. The number of ether oxygens (including phenoxy) is 2. The summed E-state index contributed by atoms with van der Waals surface area (Å²) in [6, 6.07) is 6.57. The molecule has 6 nitrogen and oxygen atoms in total. The van der Waals surface area contributed by atoms with E-state index in [9.17, 15) is 4.79 Å². The maximum atomic E-state index is 13.3. The summed E-state index contributed by atoms with van der Waals surface area (Å²) < 4.78 is 10.9. The minimum absolute atomic E-state index is 0.0644. The lowest BCUT2D eigenvalue weighted by Gasteiger charge is -2.43. The number of hydrogen-bond donors (Lipinski definition) is 0. The number of carbonyl (C=O) groups is 1. The molecule has 0 spiro atoms. The van der Waals surface area contributed by atoms with Gasteiger partial charge in [-0.15, -0.1) is 0 Å². The molecule has 0 aliphatic carbocycles. The second kappa shape index (κ2) is 8.92. The lowest BCUT2D eigenvalue weighted by molar-refractivity contribution is -0.124. The normalized spacial score (nSPS) is 26.3. The summed E-state index contributed by atoms with van der Waals surface area (Å²) in [6.45, 7) is 6.68. The Morgan fingerprint density at radius 1 is 1.09 bits per heavy atom. The molecule has 3 atom stereocenters. The molecule has 4 aliphatic rings. The third-order valence-electron chi connectivity index (χ3n) is 7.10. The molecular weight excluding hydrogens is 421 g/mol. The van der Waals surface area contributed by atoms with Crippen molar-refractivity contribution in [2.45, 2.75) is 38.0 Å². The summed E-state index contributed by atoms with van der Waals surface area (Å²) in [5.41, 5.74) is 3.57. The first-order chi connectivity index (χ1) is 15.6. The van der Waals surface area contributed by atoms with Gasteiger partial charge >= 0.3 is 0 Å². The number of amides is 1. The second-order valence-corrected chi connectivity index (χ2v) is 10.2. The number of methoxy groups -OCH3 is 2. The van der Waals surface area contributed by atoms with Crippen LogP contribution in [0.1, 0.15) is 31.7 Å². The van der Waals surface area contributed by atoms with Crippen molar-refractivity contribution in [1.82, 2.24) is 14.7 Å². The van der Waals surface area contributed by atoms with Crippen molar-refractivity contribution in [3.63, 3.8) is 0 Å². The predicted octanol–water partition coefficient (Wildman–Crippen LogP) is 3.86. The van der Waals surface area contributed by atoms with Gasteiger partial charge in [-0.2, -0.15) is 0 Å². The third-order valence-corrected chi connectivity index (χ3v) is 8.77. The largest absolute Gasteiger partial charge is 0.493 e. The molecule has 1 aromatic rings. The minimum atomic E-state index is 0.0644. The van der Waals surface area contributed by atoms with E-state index in [1.807, 2.05) is 23.1 Å². The van der Waals surface area contributed by atoms with Crippen molar-refractivity contribution in [3.05, 3.63) is 53.4 Å². The molecule has 1 amide bonds. The van der Waals surface area contributed by atoms with E-state index >= 15 is 0 Å². The van der Waals surface area contributed by atoms with Crippen LogP contribution in [-0.2, 0) is 4.79 Å². The van der Waals surface area contributed by atoms with Crippen LogP contribution in [0.3, 0.4) is 0 Å². The summed E-state index contributed by atoms with van der Waals surface area (Å²) in [7, 11) is 3.78. The van der Waals surface area contributed by atoms with Crippen LogP contribution in [0.25, 0.3) is 5.31 Å². The van der Waals surface area contributed by atoms with Gasteiger partial charge in [-0.25, -0.2) is 0 Å². The molecule has 2 fully saturated rings. The number of nitrogens with zero attached hydrogens (tertiary/aromatic N) is 3. The molecule has 0 bridgehead atoms. The molecule has 7 heteroatoms. The van der Waals surface area contributed by atoms with Gasteiger partial charge in [0.2, 0.25) is 0 Å². The van der Waals surface area contributed by atoms with Gasteiger partial charge in [-0.05, 0) is 60.5 Å². The molecule has 4 heterocycles. The maximum Gasteiger partial charge on any atom is 0.252 e. The fourth-order valence-corrected chi connectivity index (χ4v) is 6.94. The molecular formula is C25H32N3O3P. The van der Waals surface area contributed by atoms with Gasteiger partial charge in [-0.3, -0.25) is 9.69 Å². The molecule has 5 rings (SSSR count). The average molecular weight is 454 g/mol. The van der Waals surface area contributed by atoms with Crippen LogP contribution >= 0.6 is 8.58 Å². The highest BCUT2D eigenvalue weighted by molar-refractivity contribution is 7.51. The number of carbonyl (C=O) groups excluding carboxylic acids is 1. The summed E-state index contributed by atoms with van der Waals surface area (Å²) in [6.07, 6.45) is 9.80. The zero-order chi connectivity index (χ0) is 22.2. The quantitative estimate of drug-likeness (QED) is 0.634. The second-order valence-electron chi connectivity index (χ2n) is 8.82. The lowest BCUT2D eigenvalue weighted by atomic mass is 10.1. The molecule has 4 aliphatic heterocycles. The highest BCUT2D eigenvalue weighted by Crippen LogP contribution is 2.49. The van der Waals surface area contributed by atoms with Gasteiger partial charge in [0.15, 0.2) is 11.5 Å². The Morgan fingerprint density at radius 2 is 1.94 bits per heavy atom. The van der Waals surface area contributed by atoms with Crippen LogP contribution in [0.2, 0.25) is 0 Å². The molecule has 0 N–H and O–H groups in total. The first kappa shape index (κ1) is 21.5. The van der Waals surface area contributed by atoms with E-state index in [0.717, 1.165) is 36.9 Å². The van der Waals surface area contributed by atoms with Crippen LogP contribution in [0.15, 0.2) is 47.8 Å². The smallest absolute Gasteiger partial charge is 0.252 e. The Balaban J connectivity index is 1.42. The van der Waals surface area contributed by atoms with E-state index < -0.39 is 0 Å². The standard InChI is InChI=1S/C25H32N3O3P/c1-4-17-12-20(27-11-10-26-9-5-6-19(26)15-27)16-28-24(29)14-23(32-25(17)28)18-7-8-21(30-2)22(13-18)31-3/h7-8,12-14,16,19,25,32H,4-6,9-11,15H2,1-3H3. The zero-order valence-electron chi connectivity index (χ0n) is 19.1. The van der Waals surface area contributed by atoms with E-state index in [4.69, 9.17) is 9.47 Å². The SMILES string of the molecule is CCC1=CC(N2CCN3CCCC3C2)=CN2C(=O)C=C(c3ccc(OC)c(OC)c3)PC12. The van der Waals surface area contributed by atoms with Gasteiger partial charge < -0.3 is 19.3 Å². The summed E-state index contributed by atoms with van der Waals surface area (Å²) >= 11 is 0. The summed E-state index contributed by atoms with van der Waals surface area (Å²) in [4.78, 5) is 20.3. The van der Waals surface area contributed by atoms with E-state index in [0.29, 0.717) is 26.1 Å². The van der Waals surface area contributed by atoms with E-state index in [2.05, 4.69) is 29.0 Å². The predicted molar refractivity (Wildman–Crippen MR) is 129 cm³/mol. The molecule has 170 valence electrons. The molecule has 2 saturated heterocycles. The molecule has 3 unspecified atom stereocenters. The molecule has 0 aromatic heterocycles. The molecule has 0 radical (unpaired) electrons. The van der Waals surface area contributed by atoms with Gasteiger partial charge in [0.25, 0.3) is 5.91 Å². The Hall–Kier alpha value is -2.30. The van der Waals surface area contributed by atoms with Crippen molar-refractivity contribution >= 4 is 19.8 Å². The van der Waals surface area contributed by atoms with Crippen LogP contribution in [0, 0.1) is 0 Å². The van der Waals surface area contributed by atoms with Gasteiger partial charge in [-0.1, -0.05) is 21.6 Å².